The van der Waals surface area contributed by atoms with Gasteiger partial charge in [0.25, 0.3) is 11.5 Å². The predicted octanol–water partition coefficient (Wildman–Crippen LogP) is 1.97. The van der Waals surface area contributed by atoms with Gasteiger partial charge in [-0.15, -0.1) is 0 Å². The van der Waals surface area contributed by atoms with Gasteiger partial charge in [-0.05, 0) is 31.7 Å². The van der Waals surface area contributed by atoms with E-state index >= 15 is 0 Å². The Balaban J connectivity index is 1.89. The first-order valence-corrected chi connectivity index (χ1v) is 10.7. The summed E-state index contributed by atoms with van der Waals surface area (Å²) in [6.45, 7) is 2.60. The van der Waals surface area contributed by atoms with Crippen molar-refractivity contribution in [3.8, 4) is 0 Å². The van der Waals surface area contributed by atoms with Crippen LogP contribution in [-0.2, 0) is 23.6 Å². The monoisotopic (exact) mass is 439 g/mol. The van der Waals surface area contributed by atoms with Gasteiger partial charge in [0.2, 0.25) is 0 Å². The third-order valence-corrected chi connectivity index (χ3v) is 5.94. The summed E-state index contributed by atoms with van der Waals surface area (Å²) in [6.07, 6.45) is 5.51. The number of esters is 1. The van der Waals surface area contributed by atoms with Crippen LogP contribution in [0.25, 0.3) is 6.08 Å². The zero-order valence-electron chi connectivity index (χ0n) is 18.7. The Labute approximate surface area is 186 Å². The predicted molar refractivity (Wildman–Crippen MR) is 121 cm³/mol. The average molecular weight is 440 g/mol. The van der Waals surface area contributed by atoms with Crippen LogP contribution in [-0.4, -0.2) is 45.6 Å². The Morgan fingerprint density at radius 1 is 1.12 bits per heavy atom. The Hall–Kier alpha value is -3.42. The Kier molecular flexibility index (Phi) is 7.12. The number of nitrogens with zero attached hydrogens (tertiary/aromatic N) is 3. The molecule has 1 aliphatic heterocycles. The largest absolute Gasteiger partial charge is 0.466 e. The number of piperidine rings is 1. The van der Waals surface area contributed by atoms with Crippen molar-refractivity contribution in [1.29, 1.82) is 0 Å². The summed E-state index contributed by atoms with van der Waals surface area (Å²) in [5.41, 5.74) is -0.965. The van der Waals surface area contributed by atoms with Gasteiger partial charge in [-0.2, -0.15) is 0 Å². The van der Waals surface area contributed by atoms with E-state index in [1.807, 2.05) is 42.5 Å². The summed E-state index contributed by atoms with van der Waals surface area (Å²) in [6, 6.07) is 10.9. The first-order valence-electron chi connectivity index (χ1n) is 10.7. The average Bonchev–Trinajstić information content (AvgIpc) is 2.80. The minimum Gasteiger partial charge on any atom is -0.466 e. The molecule has 1 aromatic heterocycles. The molecule has 0 radical (unpaired) electrons. The van der Waals surface area contributed by atoms with Gasteiger partial charge < -0.3 is 9.64 Å². The molecule has 3 rings (SSSR count). The van der Waals surface area contributed by atoms with E-state index in [4.69, 9.17) is 4.74 Å². The molecule has 0 saturated carbocycles. The number of hydrogen-bond donors (Lipinski definition) is 0. The van der Waals surface area contributed by atoms with E-state index in [0.717, 1.165) is 10.1 Å². The van der Waals surface area contributed by atoms with Gasteiger partial charge in [0, 0.05) is 33.3 Å². The molecule has 8 heteroatoms. The second-order valence-electron chi connectivity index (χ2n) is 8.12. The van der Waals surface area contributed by atoms with E-state index in [-0.39, 0.29) is 24.8 Å². The van der Waals surface area contributed by atoms with Crippen molar-refractivity contribution < 1.29 is 14.3 Å². The molecule has 2 heterocycles. The molecule has 8 nitrogen and oxygen atoms in total. The van der Waals surface area contributed by atoms with E-state index in [2.05, 4.69) is 0 Å². The molecule has 0 bridgehead atoms. The summed E-state index contributed by atoms with van der Waals surface area (Å²) >= 11 is 0. The van der Waals surface area contributed by atoms with E-state index in [9.17, 15) is 19.2 Å². The lowest BCUT2D eigenvalue weighted by Crippen LogP contribution is -2.51. The number of benzene rings is 1. The maximum Gasteiger partial charge on any atom is 0.331 e. The highest BCUT2D eigenvalue weighted by Gasteiger charge is 2.44. The Morgan fingerprint density at radius 3 is 2.53 bits per heavy atom. The molecule has 2 aromatic rings. The van der Waals surface area contributed by atoms with Crippen molar-refractivity contribution in [2.24, 2.45) is 19.5 Å². The normalized spacial score (nSPS) is 18.7. The van der Waals surface area contributed by atoms with Gasteiger partial charge in [0.05, 0.1) is 12.0 Å². The molecule has 1 unspecified atom stereocenters. The van der Waals surface area contributed by atoms with Crippen molar-refractivity contribution in [2.75, 3.05) is 19.7 Å². The molecule has 1 amide bonds. The summed E-state index contributed by atoms with van der Waals surface area (Å²) in [7, 11) is 2.82. The maximum atomic E-state index is 13.2. The van der Waals surface area contributed by atoms with Gasteiger partial charge >= 0.3 is 11.7 Å². The van der Waals surface area contributed by atoms with Crippen molar-refractivity contribution in [3.05, 3.63) is 74.6 Å². The quantitative estimate of drug-likeness (QED) is 0.642. The fourth-order valence-corrected chi connectivity index (χ4v) is 4.09. The molecule has 1 aromatic carbocycles. The number of ether oxygens (including phenoxy) is 1. The van der Waals surface area contributed by atoms with Crippen LogP contribution in [0.1, 0.15) is 42.2 Å². The van der Waals surface area contributed by atoms with Gasteiger partial charge in [0.1, 0.15) is 5.69 Å². The molecule has 170 valence electrons. The second kappa shape index (κ2) is 9.80. The van der Waals surface area contributed by atoms with Crippen LogP contribution >= 0.6 is 0 Å². The van der Waals surface area contributed by atoms with E-state index in [1.165, 1.54) is 24.7 Å². The van der Waals surface area contributed by atoms with E-state index in [0.29, 0.717) is 25.8 Å². The number of likely N-dealkylation sites (tertiary alicyclic amines) is 1. The highest BCUT2D eigenvalue weighted by molar-refractivity contribution is 5.93. The number of rotatable bonds is 6. The maximum absolute atomic E-state index is 13.2. The summed E-state index contributed by atoms with van der Waals surface area (Å²) in [5, 5.41) is 0. The second-order valence-corrected chi connectivity index (χ2v) is 8.12. The Morgan fingerprint density at radius 2 is 1.84 bits per heavy atom. The lowest BCUT2D eigenvalue weighted by molar-refractivity contribution is -0.158. The number of carbonyl (C=O) groups is 2. The Bertz CT molecular complexity index is 1130. The van der Waals surface area contributed by atoms with Crippen LogP contribution in [0.15, 0.2) is 52.1 Å². The molecule has 0 N–H and O–H groups in total. The summed E-state index contributed by atoms with van der Waals surface area (Å²) in [5.74, 6) is -0.782. The van der Waals surface area contributed by atoms with Gasteiger partial charge in [-0.25, -0.2) is 4.79 Å². The SMILES string of the molecule is CCOC(=O)C1(C/C=C/c2ccccc2)CCCN(C(=O)c2cc(=O)n(C)c(=O)n2C)C1. The topological polar surface area (TPSA) is 90.6 Å². The molecule has 1 fully saturated rings. The molecule has 0 aliphatic carbocycles. The number of hydrogen-bond acceptors (Lipinski definition) is 5. The number of carbonyl (C=O) groups excluding carboxylic acids is 2. The highest BCUT2D eigenvalue weighted by atomic mass is 16.5. The number of amides is 1. The van der Waals surface area contributed by atoms with Crippen LogP contribution < -0.4 is 11.2 Å². The fraction of sp³-hybridized carbons (Fsp3) is 0.417. The third kappa shape index (κ3) is 4.74. The lowest BCUT2D eigenvalue weighted by Gasteiger charge is -2.40. The molecular weight excluding hydrogens is 410 g/mol. The fourth-order valence-electron chi connectivity index (χ4n) is 4.09. The van der Waals surface area contributed by atoms with Crippen LogP contribution in [0.4, 0.5) is 0 Å². The highest BCUT2D eigenvalue weighted by Crippen LogP contribution is 2.36. The van der Waals surface area contributed by atoms with Crippen LogP contribution in [0.2, 0.25) is 0 Å². The van der Waals surface area contributed by atoms with Crippen LogP contribution in [0.5, 0.6) is 0 Å². The first kappa shape index (κ1) is 23.2. The molecule has 1 aliphatic rings. The summed E-state index contributed by atoms with van der Waals surface area (Å²) in [4.78, 5) is 52.1. The zero-order valence-corrected chi connectivity index (χ0v) is 18.7. The van der Waals surface area contributed by atoms with Crippen molar-refractivity contribution in [3.63, 3.8) is 0 Å². The number of allylic oxidation sites excluding steroid dienone is 1. The minimum atomic E-state index is -0.881. The molecule has 1 atom stereocenters. The minimum absolute atomic E-state index is 0.0117. The van der Waals surface area contributed by atoms with Gasteiger partial charge in [-0.3, -0.25) is 23.5 Å². The summed E-state index contributed by atoms with van der Waals surface area (Å²) < 4.78 is 7.49. The van der Waals surface area contributed by atoms with Gasteiger partial charge in [0.15, 0.2) is 0 Å². The molecular formula is C24H29N3O5. The zero-order chi connectivity index (χ0) is 23.3. The van der Waals surface area contributed by atoms with Crippen LogP contribution in [0.3, 0.4) is 0 Å². The van der Waals surface area contributed by atoms with E-state index < -0.39 is 22.6 Å². The van der Waals surface area contributed by atoms with Crippen LogP contribution in [0, 0.1) is 5.41 Å². The molecule has 32 heavy (non-hydrogen) atoms. The first-order chi connectivity index (χ1) is 15.3. The molecule has 1 saturated heterocycles. The number of aromatic nitrogens is 2. The molecule has 0 spiro atoms. The van der Waals surface area contributed by atoms with Crippen molar-refractivity contribution in [2.45, 2.75) is 26.2 Å². The third-order valence-electron chi connectivity index (χ3n) is 5.94. The van der Waals surface area contributed by atoms with Crippen molar-refractivity contribution in [1.82, 2.24) is 14.0 Å². The van der Waals surface area contributed by atoms with Crippen molar-refractivity contribution >= 4 is 18.0 Å². The van der Waals surface area contributed by atoms with Gasteiger partial charge in [-0.1, -0.05) is 42.5 Å². The van der Waals surface area contributed by atoms with E-state index in [1.54, 1.807) is 11.8 Å². The lowest BCUT2D eigenvalue weighted by atomic mass is 9.76. The standard InChI is InChI=1S/C24H29N3O5/c1-4-32-22(30)24(13-8-12-18-10-6-5-7-11-18)14-9-15-27(17-24)21(29)19-16-20(28)26(3)23(31)25(19)2/h5-8,10-12,16H,4,9,13-15,17H2,1-3H3/b12-8+. The smallest absolute Gasteiger partial charge is 0.331 e.